The highest BCUT2D eigenvalue weighted by molar-refractivity contribution is 7.19. The van der Waals surface area contributed by atoms with Crippen molar-refractivity contribution in [2.75, 3.05) is 5.32 Å². The molecule has 0 saturated carbocycles. The Morgan fingerprint density at radius 2 is 1.92 bits per heavy atom. The summed E-state index contributed by atoms with van der Waals surface area (Å²) in [5, 5.41) is 9.31. The summed E-state index contributed by atoms with van der Waals surface area (Å²) in [7, 11) is 0. The minimum atomic E-state index is -0.201. The summed E-state index contributed by atoms with van der Waals surface area (Å²) in [6.07, 6.45) is 3.57. The minimum Gasteiger partial charge on any atom is -0.334 e. The van der Waals surface area contributed by atoms with Crippen molar-refractivity contribution in [3.8, 4) is 0 Å². The molecule has 0 aliphatic carbocycles. The zero-order valence-electron chi connectivity index (χ0n) is 13.7. The summed E-state index contributed by atoms with van der Waals surface area (Å²) in [5.41, 5.74) is 1.96. The Labute approximate surface area is 149 Å². The molecule has 4 rings (SSSR count). The Morgan fingerprint density at radius 3 is 2.84 bits per heavy atom. The minimum absolute atomic E-state index is 0.201. The van der Waals surface area contributed by atoms with Gasteiger partial charge >= 0.3 is 6.03 Å². The zero-order valence-corrected chi connectivity index (χ0v) is 14.6. The van der Waals surface area contributed by atoms with E-state index in [0.717, 1.165) is 31.6 Å². The second-order valence-electron chi connectivity index (χ2n) is 5.85. The third kappa shape index (κ3) is 3.06. The molecule has 2 aromatic heterocycles. The first-order valence-corrected chi connectivity index (χ1v) is 8.88. The highest BCUT2D eigenvalue weighted by Crippen LogP contribution is 2.34. The highest BCUT2D eigenvalue weighted by Gasteiger charge is 2.12. The molecule has 2 heterocycles. The van der Waals surface area contributed by atoms with Gasteiger partial charge in [0.1, 0.15) is 0 Å². The van der Waals surface area contributed by atoms with Crippen LogP contribution in [0.5, 0.6) is 0 Å². The van der Waals surface area contributed by atoms with Gasteiger partial charge in [-0.05, 0) is 29.3 Å². The van der Waals surface area contributed by atoms with Crippen LogP contribution in [0.25, 0.3) is 20.9 Å². The molecule has 0 unspecified atom stereocenters. The molecule has 0 fully saturated rings. The number of nitrogens with zero attached hydrogens (tertiary/aromatic N) is 1. The Bertz CT molecular complexity index is 1070. The number of urea groups is 1. The molecule has 0 spiro atoms. The first kappa shape index (κ1) is 15.6. The number of fused-ring (bicyclic) bond motifs is 2. The topological polar surface area (TPSA) is 54.0 Å². The van der Waals surface area contributed by atoms with Crippen LogP contribution in [-0.2, 0) is 6.54 Å². The van der Waals surface area contributed by atoms with Gasteiger partial charge in [0.05, 0.1) is 10.4 Å². The van der Waals surface area contributed by atoms with Gasteiger partial charge < -0.3 is 10.6 Å². The lowest BCUT2D eigenvalue weighted by Gasteiger charge is -2.10. The summed E-state index contributed by atoms with van der Waals surface area (Å²) in [4.78, 5) is 17.6. The van der Waals surface area contributed by atoms with E-state index in [-0.39, 0.29) is 6.03 Å². The van der Waals surface area contributed by atoms with Gasteiger partial charge in [-0.25, -0.2) is 4.79 Å². The Kier molecular flexibility index (Phi) is 4.07. The Balaban J connectivity index is 1.51. The first-order valence-electron chi connectivity index (χ1n) is 8.07. The van der Waals surface area contributed by atoms with E-state index in [1.165, 1.54) is 5.39 Å². The van der Waals surface area contributed by atoms with E-state index < -0.39 is 0 Å². The van der Waals surface area contributed by atoms with Crippen molar-refractivity contribution in [1.82, 2.24) is 10.3 Å². The van der Waals surface area contributed by atoms with Crippen molar-refractivity contribution in [1.29, 1.82) is 0 Å². The molecule has 2 N–H and O–H groups in total. The lowest BCUT2D eigenvalue weighted by molar-refractivity contribution is 0.252. The average Bonchev–Trinajstić information content (AvgIpc) is 2.95. The number of carbonyl (C=O) groups is 1. The van der Waals surface area contributed by atoms with Crippen LogP contribution in [0.1, 0.15) is 10.4 Å². The van der Waals surface area contributed by atoms with Crippen LogP contribution in [0.2, 0.25) is 0 Å². The number of benzene rings is 2. The number of aromatic nitrogens is 1. The molecule has 0 radical (unpaired) electrons. The van der Waals surface area contributed by atoms with Gasteiger partial charge in [-0.15, -0.1) is 11.3 Å². The van der Waals surface area contributed by atoms with Crippen LogP contribution in [0.3, 0.4) is 0 Å². The number of thiophene rings is 1. The molecule has 0 atom stereocenters. The van der Waals surface area contributed by atoms with Gasteiger partial charge in [0, 0.05) is 29.2 Å². The normalized spacial score (nSPS) is 10.9. The van der Waals surface area contributed by atoms with Crippen molar-refractivity contribution >= 4 is 43.9 Å². The van der Waals surface area contributed by atoms with Gasteiger partial charge in [0.2, 0.25) is 0 Å². The molecule has 124 valence electrons. The fourth-order valence-corrected chi connectivity index (χ4v) is 4.00. The van der Waals surface area contributed by atoms with Gasteiger partial charge in [-0.1, -0.05) is 42.5 Å². The molecule has 4 aromatic rings. The van der Waals surface area contributed by atoms with Crippen LogP contribution < -0.4 is 10.6 Å². The number of nitrogens with one attached hydrogen (secondary N) is 2. The SMILES string of the molecule is Cc1sc2cnccc2c1NC(=O)NCc1cccc2ccccc12. The summed E-state index contributed by atoms with van der Waals surface area (Å²) >= 11 is 1.63. The lowest BCUT2D eigenvalue weighted by Crippen LogP contribution is -2.28. The second-order valence-corrected chi connectivity index (χ2v) is 7.11. The molecule has 4 nitrogen and oxygen atoms in total. The molecule has 0 aliphatic rings. The Morgan fingerprint density at radius 1 is 1.08 bits per heavy atom. The summed E-state index contributed by atoms with van der Waals surface area (Å²) in [5.74, 6) is 0. The number of amides is 2. The largest absolute Gasteiger partial charge is 0.334 e. The quantitative estimate of drug-likeness (QED) is 0.543. The van der Waals surface area contributed by atoms with Gasteiger partial charge in [0.15, 0.2) is 0 Å². The van der Waals surface area contributed by atoms with Gasteiger partial charge in [0.25, 0.3) is 0 Å². The van der Waals surface area contributed by atoms with E-state index in [2.05, 4.69) is 33.8 Å². The van der Waals surface area contributed by atoms with Crippen molar-refractivity contribution in [2.24, 2.45) is 0 Å². The second kappa shape index (κ2) is 6.53. The number of anilines is 1. The molecular weight excluding hydrogens is 330 g/mol. The number of hydrogen-bond donors (Lipinski definition) is 2. The standard InChI is InChI=1S/C20H17N3OS/c1-13-19(17-9-10-21-12-18(17)25-13)23-20(24)22-11-15-7-4-6-14-5-2-3-8-16(14)15/h2-10,12H,11H2,1H3,(H2,22,23,24). The van der Waals surface area contributed by atoms with Crippen LogP contribution in [0.4, 0.5) is 10.5 Å². The van der Waals surface area contributed by atoms with Crippen molar-refractivity contribution in [3.05, 3.63) is 71.4 Å². The third-order valence-electron chi connectivity index (χ3n) is 4.23. The summed E-state index contributed by atoms with van der Waals surface area (Å²) in [6, 6.07) is 16.0. The number of pyridine rings is 1. The van der Waals surface area contributed by atoms with Crippen LogP contribution in [0, 0.1) is 6.92 Å². The summed E-state index contributed by atoms with van der Waals surface area (Å²) in [6.45, 7) is 2.49. The van der Waals surface area contributed by atoms with Crippen LogP contribution in [0.15, 0.2) is 60.9 Å². The molecule has 2 amide bonds. The van der Waals surface area contributed by atoms with Crippen LogP contribution >= 0.6 is 11.3 Å². The van der Waals surface area contributed by atoms with E-state index in [1.54, 1.807) is 17.5 Å². The zero-order chi connectivity index (χ0) is 17.2. The lowest BCUT2D eigenvalue weighted by atomic mass is 10.0. The fraction of sp³-hybridized carbons (Fsp3) is 0.100. The first-order chi connectivity index (χ1) is 12.2. The maximum Gasteiger partial charge on any atom is 0.319 e. The van der Waals surface area contributed by atoms with E-state index >= 15 is 0 Å². The molecule has 0 saturated heterocycles. The molecule has 2 aromatic carbocycles. The van der Waals surface area contributed by atoms with E-state index in [4.69, 9.17) is 0 Å². The number of aryl methyl sites for hydroxylation is 1. The maximum absolute atomic E-state index is 12.4. The molecule has 0 bridgehead atoms. The molecular formula is C20H17N3OS. The molecule has 0 aliphatic heterocycles. The number of hydrogen-bond acceptors (Lipinski definition) is 3. The third-order valence-corrected chi connectivity index (χ3v) is 5.28. The predicted octanol–water partition coefficient (Wildman–Crippen LogP) is 5.08. The molecule has 5 heteroatoms. The van der Waals surface area contributed by atoms with Crippen molar-refractivity contribution in [2.45, 2.75) is 13.5 Å². The number of carbonyl (C=O) groups excluding carboxylic acids is 1. The average molecular weight is 347 g/mol. The van der Waals surface area contributed by atoms with Crippen molar-refractivity contribution < 1.29 is 4.79 Å². The van der Waals surface area contributed by atoms with Gasteiger partial charge in [-0.2, -0.15) is 0 Å². The van der Waals surface area contributed by atoms with E-state index in [0.29, 0.717) is 6.54 Å². The smallest absolute Gasteiger partial charge is 0.319 e. The van der Waals surface area contributed by atoms with E-state index in [9.17, 15) is 4.79 Å². The predicted molar refractivity (Wildman–Crippen MR) is 104 cm³/mol. The van der Waals surface area contributed by atoms with Crippen LogP contribution in [-0.4, -0.2) is 11.0 Å². The summed E-state index contributed by atoms with van der Waals surface area (Å²) < 4.78 is 1.07. The number of rotatable bonds is 3. The Hall–Kier alpha value is -2.92. The van der Waals surface area contributed by atoms with E-state index in [1.807, 2.05) is 43.5 Å². The monoisotopic (exact) mass is 347 g/mol. The van der Waals surface area contributed by atoms with Gasteiger partial charge in [-0.3, -0.25) is 4.98 Å². The maximum atomic E-state index is 12.4. The molecule has 25 heavy (non-hydrogen) atoms. The highest BCUT2D eigenvalue weighted by atomic mass is 32.1. The van der Waals surface area contributed by atoms with Crippen molar-refractivity contribution in [3.63, 3.8) is 0 Å². The fourth-order valence-electron chi connectivity index (χ4n) is 3.01.